The lowest BCUT2D eigenvalue weighted by atomic mass is 9.59. The van der Waals surface area contributed by atoms with Crippen molar-refractivity contribution < 1.29 is 9.90 Å². The van der Waals surface area contributed by atoms with Crippen LogP contribution in [-0.2, 0) is 4.79 Å². The van der Waals surface area contributed by atoms with Crippen LogP contribution in [0.25, 0.3) is 0 Å². The summed E-state index contributed by atoms with van der Waals surface area (Å²) in [6.07, 6.45) is 5.34. The maximum atomic E-state index is 11.7. The summed E-state index contributed by atoms with van der Waals surface area (Å²) in [5.74, 6) is 0.699. The van der Waals surface area contributed by atoms with Gasteiger partial charge in [0.2, 0.25) is 0 Å². The number of ketones is 1. The predicted octanol–water partition coefficient (Wildman–Crippen LogP) is 1.91. The smallest absolute Gasteiger partial charge is 0.136 e. The van der Waals surface area contributed by atoms with Gasteiger partial charge in [-0.2, -0.15) is 0 Å². The largest absolute Gasteiger partial charge is 0.393 e. The average Bonchev–Trinajstić information content (AvgIpc) is 2.02. The van der Waals surface area contributed by atoms with E-state index in [1.165, 1.54) is 0 Å². The summed E-state index contributed by atoms with van der Waals surface area (Å²) in [6, 6.07) is 0. The summed E-state index contributed by atoms with van der Waals surface area (Å²) in [6.45, 7) is 2.18. The Kier molecular flexibility index (Phi) is 2.18. The van der Waals surface area contributed by atoms with Crippen molar-refractivity contribution in [3.8, 4) is 0 Å². The number of aliphatic hydroxyl groups excluding tert-OH is 1. The molecule has 0 radical (unpaired) electrons. The number of hydrogen-bond donors (Lipinski definition) is 1. The van der Waals surface area contributed by atoms with Gasteiger partial charge in [-0.25, -0.2) is 0 Å². The van der Waals surface area contributed by atoms with Gasteiger partial charge >= 0.3 is 0 Å². The monoisotopic (exact) mass is 182 g/mol. The van der Waals surface area contributed by atoms with E-state index in [2.05, 4.69) is 6.92 Å². The van der Waals surface area contributed by atoms with Gasteiger partial charge in [0.05, 0.1) is 6.10 Å². The highest BCUT2D eigenvalue weighted by Crippen LogP contribution is 2.48. The van der Waals surface area contributed by atoms with Crippen LogP contribution in [0.2, 0.25) is 0 Å². The van der Waals surface area contributed by atoms with Crippen molar-refractivity contribution in [1.29, 1.82) is 0 Å². The molecule has 2 nitrogen and oxygen atoms in total. The quantitative estimate of drug-likeness (QED) is 0.621. The molecule has 1 N–H and O–H groups in total. The van der Waals surface area contributed by atoms with E-state index in [0.29, 0.717) is 5.78 Å². The van der Waals surface area contributed by atoms with E-state index >= 15 is 0 Å². The zero-order valence-corrected chi connectivity index (χ0v) is 8.25. The molecule has 2 aliphatic carbocycles. The first-order valence-corrected chi connectivity index (χ1v) is 5.33. The molecule has 0 aromatic heterocycles. The third-order valence-electron chi connectivity index (χ3n) is 3.89. The van der Waals surface area contributed by atoms with Gasteiger partial charge in [0, 0.05) is 12.3 Å². The third-order valence-corrected chi connectivity index (χ3v) is 3.89. The molecule has 2 saturated carbocycles. The third kappa shape index (κ3) is 1.52. The molecule has 0 amide bonds. The molecule has 0 aliphatic heterocycles. The molecule has 74 valence electrons. The Balaban J connectivity index is 2.17. The number of rotatable bonds is 0. The minimum absolute atomic E-state index is 0.118. The fourth-order valence-corrected chi connectivity index (χ4v) is 3.16. The lowest BCUT2D eigenvalue weighted by Crippen LogP contribution is -2.43. The van der Waals surface area contributed by atoms with Crippen molar-refractivity contribution in [2.45, 2.75) is 51.6 Å². The molecule has 0 aromatic rings. The van der Waals surface area contributed by atoms with Gasteiger partial charge in [0.1, 0.15) is 5.78 Å². The van der Waals surface area contributed by atoms with Gasteiger partial charge in [-0.3, -0.25) is 4.79 Å². The lowest BCUT2D eigenvalue weighted by Gasteiger charge is -2.45. The zero-order valence-electron chi connectivity index (χ0n) is 8.25. The molecule has 2 rings (SSSR count). The van der Waals surface area contributed by atoms with Crippen LogP contribution in [-0.4, -0.2) is 17.0 Å². The van der Waals surface area contributed by atoms with E-state index in [0.717, 1.165) is 38.5 Å². The molecule has 3 unspecified atom stereocenters. The molecular weight excluding hydrogens is 164 g/mol. The molecule has 13 heavy (non-hydrogen) atoms. The predicted molar refractivity (Wildman–Crippen MR) is 50.3 cm³/mol. The van der Waals surface area contributed by atoms with Crippen molar-refractivity contribution in [3.05, 3.63) is 0 Å². The van der Waals surface area contributed by atoms with E-state index in [-0.39, 0.29) is 17.4 Å². The van der Waals surface area contributed by atoms with Gasteiger partial charge in [-0.1, -0.05) is 6.92 Å². The molecule has 2 aliphatic rings. The average molecular weight is 182 g/mol. The number of carbonyl (C=O) groups excluding carboxylic acids is 1. The highest BCUT2D eigenvalue weighted by molar-refractivity contribution is 5.82. The summed E-state index contributed by atoms with van der Waals surface area (Å²) < 4.78 is 0. The van der Waals surface area contributed by atoms with Crippen LogP contribution in [0.15, 0.2) is 0 Å². The van der Waals surface area contributed by atoms with Crippen LogP contribution in [0, 0.1) is 11.3 Å². The van der Waals surface area contributed by atoms with Gasteiger partial charge < -0.3 is 5.11 Å². The highest BCUT2D eigenvalue weighted by atomic mass is 16.3. The maximum Gasteiger partial charge on any atom is 0.136 e. The topological polar surface area (TPSA) is 37.3 Å². The van der Waals surface area contributed by atoms with Gasteiger partial charge in [-0.15, -0.1) is 0 Å². The second-order valence-electron chi connectivity index (χ2n) is 4.96. The number of aliphatic hydroxyl groups is 1. The molecule has 2 heteroatoms. The summed E-state index contributed by atoms with van der Waals surface area (Å²) >= 11 is 0. The van der Waals surface area contributed by atoms with E-state index in [1.807, 2.05) is 0 Å². The van der Waals surface area contributed by atoms with E-state index in [9.17, 15) is 9.90 Å². The van der Waals surface area contributed by atoms with Gasteiger partial charge in [0.25, 0.3) is 0 Å². The maximum absolute atomic E-state index is 11.7. The van der Waals surface area contributed by atoms with Crippen LogP contribution in [0.5, 0.6) is 0 Å². The SMILES string of the molecule is CC12CCCC(=O)C1CCC(O)C2. The van der Waals surface area contributed by atoms with Crippen molar-refractivity contribution >= 4 is 5.78 Å². The number of hydrogen-bond acceptors (Lipinski definition) is 2. The highest BCUT2D eigenvalue weighted by Gasteiger charge is 2.45. The lowest BCUT2D eigenvalue weighted by molar-refractivity contribution is -0.134. The van der Waals surface area contributed by atoms with Crippen LogP contribution in [0.3, 0.4) is 0 Å². The molecule has 3 atom stereocenters. The molecule has 0 saturated heterocycles. The second kappa shape index (κ2) is 3.09. The summed E-state index contributed by atoms with van der Waals surface area (Å²) in [5, 5.41) is 9.59. The molecule has 2 fully saturated rings. The van der Waals surface area contributed by atoms with Gasteiger partial charge in [-0.05, 0) is 37.5 Å². The van der Waals surface area contributed by atoms with Crippen molar-refractivity contribution in [2.75, 3.05) is 0 Å². The first kappa shape index (κ1) is 9.20. The first-order valence-electron chi connectivity index (χ1n) is 5.33. The van der Waals surface area contributed by atoms with Crippen LogP contribution < -0.4 is 0 Å². The molecule has 0 bridgehead atoms. The van der Waals surface area contributed by atoms with Crippen LogP contribution in [0.1, 0.15) is 45.4 Å². The summed E-state index contributed by atoms with van der Waals surface area (Å²) in [5.41, 5.74) is 0.118. The molecular formula is C11H18O2. The number of fused-ring (bicyclic) bond motifs is 1. The summed E-state index contributed by atoms with van der Waals surface area (Å²) in [7, 11) is 0. The van der Waals surface area contributed by atoms with E-state index in [1.54, 1.807) is 0 Å². The summed E-state index contributed by atoms with van der Waals surface area (Å²) in [4.78, 5) is 11.7. The Morgan fingerprint density at radius 1 is 1.46 bits per heavy atom. The Morgan fingerprint density at radius 2 is 2.23 bits per heavy atom. The van der Waals surface area contributed by atoms with Gasteiger partial charge in [0.15, 0.2) is 0 Å². The minimum Gasteiger partial charge on any atom is -0.393 e. The minimum atomic E-state index is -0.160. The number of Topliss-reactive ketones (excluding diaryl/α,β-unsaturated/α-hetero) is 1. The Hall–Kier alpha value is -0.370. The first-order chi connectivity index (χ1) is 6.12. The van der Waals surface area contributed by atoms with E-state index in [4.69, 9.17) is 0 Å². The van der Waals surface area contributed by atoms with E-state index < -0.39 is 0 Å². The standard InChI is InChI=1S/C11H18O2/c1-11-6-2-3-10(13)9(11)5-4-8(12)7-11/h8-9,12H,2-7H2,1H3. The second-order valence-corrected chi connectivity index (χ2v) is 4.96. The number of carbonyl (C=O) groups is 1. The van der Waals surface area contributed by atoms with Crippen LogP contribution >= 0.6 is 0 Å². The fraction of sp³-hybridized carbons (Fsp3) is 0.909. The van der Waals surface area contributed by atoms with Crippen molar-refractivity contribution in [1.82, 2.24) is 0 Å². The fourth-order valence-electron chi connectivity index (χ4n) is 3.16. The Bertz CT molecular complexity index is 224. The molecule has 0 aromatic carbocycles. The molecule has 0 heterocycles. The Labute approximate surface area is 79.3 Å². The van der Waals surface area contributed by atoms with Crippen molar-refractivity contribution in [3.63, 3.8) is 0 Å². The molecule has 0 spiro atoms. The van der Waals surface area contributed by atoms with Crippen molar-refractivity contribution in [2.24, 2.45) is 11.3 Å². The Morgan fingerprint density at radius 3 is 3.00 bits per heavy atom. The zero-order chi connectivity index (χ0) is 9.47. The van der Waals surface area contributed by atoms with Crippen LogP contribution in [0.4, 0.5) is 0 Å². The normalized spacial score (nSPS) is 45.8.